The van der Waals surface area contributed by atoms with Crippen LogP contribution in [-0.4, -0.2) is 50.5 Å². The number of nitrogens with zero attached hydrogens (tertiary/aromatic N) is 3. The fourth-order valence-electron chi connectivity index (χ4n) is 1.91. The first kappa shape index (κ1) is 15.8. The molecule has 1 fully saturated rings. The lowest BCUT2D eigenvalue weighted by Gasteiger charge is -2.34. The van der Waals surface area contributed by atoms with Crippen LogP contribution >= 0.6 is 11.8 Å². The van der Waals surface area contributed by atoms with E-state index in [9.17, 15) is 9.59 Å². The molecule has 2 amide bonds. The monoisotopic (exact) mass is 312 g/mol. The molecular weight excluding hydrogens is 292 g/mol. The molecule has 1 unspecified atom stereocenters. The van der Waals surface area contributed by atoms with Gasteiger partial charge in [0.2, 0.25) is 23.6 Å². The minimum absolute atomic E-state index is 0.114. The number of nitrogens with one attached hydrogen (secondary N) is 1. The van der Waals surface area contributed by atoms with Crippen molar-refractivity contribution in [2.45, 2.75) is 44.5 Å². The number of carbonyl (C=O) groups excluding carboxylic acids is 2. The molecule has 0 aliphatic carbocycles. The van der Waals surface area contributed by atoms with Crippen molar-refractivity contribution in [1.82, 2.24) is 20.4 Å². The number of thioether (sulfide) groups is 1. The molecule has 8 heteroatoms. The van der Waals surface area contributed by atoms with Crippen molar-refractivity contribution in [2.24, 2.45) is 0 Å². The van der Waals surface area contributed by atoms with E-state index in [1.165, 1.54) is 16.7 Å². The molecule has 1 aromatic rings. The Bertz CT molecular complexity index is 543. The Morgan fingerprint density at radius 1 is 1.48 bits per heavy atom. The topological polar surface area (TPSA) is 88.3 Å². The fourth-order valence-corrected chi connectivity index (χ4v) is 2.91. The van der Waals surface area contributed by atoms with Crippen LogP contribution in [0.4, 0.5) is 0 Å². The quantitative estimate of drug-likeness (QED) is 0.876. The molecule has 1 N–H and O–H groups in total. The molecule has 1 saturated heterocycles. The van der Waals surface area contributed by atoms with Gasteiger partial charge in [0.05, 0.1) is 11.3 Å². The van der Waals surface area contributed by atoms with E-state index in [4.69, 9.17) is 4.42 Å². The zero-order chi connectivity index (χ0) is 15.6. The summed E-state index contributed by atoms with van der Waals surface area (Å²) in [6, 6.07) is -0.505. The SMILES string of the molecule is CCc1nnc(CN(C)C(=O)C2CSC(C)(C)C(=O)N2)o1. The number of carbonyl (C=O) groups is 2. The molecule has 116 valence electrons. The molecular formula is C13H20N4O3S. The summed E-state index contributed by atoms with van der Waals surface area (Å²) in [6.45, 7) is 5.86. The van der Waals surface area contributed by atoms with Crippen LogP contribution in [0.2, 0.25) is 0 Å². The summed E-state index contributed by atoms with van der Waals surface area (Å²) >= 11 is 1.49. The maximum absolute atomic E-state index is 12.3. The maximum atomic E-state index is 12.3. The van der Waals surface area contributed by atoms with Gasteiger partial charge in [0.15, 0.2) is 0 Å². The van der Waals surface area contributed by atoms with Gasteiger partial charge in [-0.15, -0.1) is 22.0 Å². The normalized spacial score (nSPS) is 21.0. The van der Waals surface area contributed by atoms with E-state index >= 15 is 0 Å². The van der Waals surface area contributed by atoms with Crippen LogP contribution in [0.5, 0.6) is 0 Å². The average Bonchev–Trinajstić information content (AvgIpc) is 2.88. The molecule has 1 atom stereocenters. The Morgan fingerprint density at radius 2 is 2.14 bits per heavy atom. The third kappa shape index (κ3) is 3.55. The van der Waals surface area contributed by atoms with Crippen LogP contribution < -0.4 is 5.32 Å². The van der Waals surface area contributed by atoms with Crippen LogP contribution in [0.15, 0.2) is 4.42 Å². The first-order chi connectivity index (χ1) is 9.83. The highest BCUT2D eigenvalue weighted by molar-refractivity contribution is 8.01. The first-order valence-corrected chi connectivity index (χ1v) is 7.83. The molecule has 7 nitrogen and oxygen atoms in total. The van der Waals surface area contributed by atoms with Crippen LogP contribution in [0.1, 0.15) is 32.6 Å². The molecule has 1 aliphatic rings. The number of aromatic nitrogens is 2. The van der Waals surface area contributed by atoms with E-state index in [2.05, 4.69) is 15.5 Å². The second-order valence-corrected chi connectivity index (χ2v) is 7.13. The Labute approximate surface area is 127 Å². The summed E-state index contributed by atoms with van der Waals surface area (Å²) in [6.07, 6.45) is 0.662. The smallest absolute Gasteiger partial charge is 0.246 e. The zero-order valence-corrected chi connectivity index (χ0v) is 13.5. The van der Waals surface area contributed by atoms with Crippen molar-refractivity contribution in [3.63, 3.8) is 0 Å². The van der Waals surface area contributed by atoms with Gasteiger partial charge >= 0.3 is 0 Å². The summed E-state index contributed by atoms with van der Waals surface area (Å²) in [4.78, 5) is 25.8. The lowest BCUT2D eigenvalue weighted by Crippen LogP contribution is -2.57. The minimum atomic E-state index is -0.505. The predicted octanol–water partition coefficient (Wildman–Crippen LogP) is 0.601. The number of hydrogen-bond acceptors (Lipinski definition) is 6. The summed E-state index contributed by atoms with van der Waals surface area (Å²) in [5.41, 5.74) is 0. The van der Waals surface area contributed by atoms with Gasteiger partial charge < -0.3 is 14.6 Å². The second kappa shape index (κ2) is 6.05. The highest BCUT2D eigenvalue weighted by Crippen LogP contribution is 2.29. The van der Waals surface area contributed by atoms with Crippen LogP contribution in [-0.2, 0) is 22.6 Å². The van der Waals surface area contributed by atoms with Crippen molar-refractivity contribution in [3.8, 4) is 0 Å². The maximum Gasteiger partial charge on any atom is 0.246 e. The average molecular weight is 312 g/mol. The first-order valence-electron chi connectivity index (χ1n) is 6.84. The zero-order valence-electron chi connectivity index (χ0n) is 12.7. The molecule has 2 heterocycles. The van der Waals surface area contributed by atoms with E-state index in [0.29, 0.717) is 24.0 Å². The fraction of sp³-hybridized carbons (Fsp3) is 0.692. The molecule has 0 bridgehead atoms. The molecule has 0 aromatic carbocycles. The lowest BCUT2D eigenvalue weighted by molar-refractivity contribution is -0.136. The van der Waals surface area contributed by atoms with Crippen molar-refractivity contribution in [1.29, 1.82) is 0 Å². The number of likely N-dealkylation sites (N-methyl/N-ethyl adjacent to an activating group) is 1. The number of hydrogen-bond donors (Lipinski definition) is 1. The van der Waals surface area contributed by atoms with Gasteiger partial charge in [0.25, 0.3) is 0 Å². The van der Waals surface area contributed by atoms with Gasteiger partial charge in [-0.2, -0.15) is 0 Å². The van der Waals surface area contributed by atoms with Crippen molar-refractivity contribution in [3.05, 3.63) is 11.8 Å². The molecule has 0 spiro atoms. The van der Waals surface area contributed by atoms with Gasteiger partial charge in [-0.1, -0.05) is 6.92 Å². The predicted molar refractivity (Wildman–Crippen MR) is 78.6 cm³/mol. The van der Waals surface area contributed by atoms with Crippen molar-refractivity contribution in [2.75, 3.05) is 12.8 Å². The summed E-state index contributed by atoms with van der Waals surface area (Å²) in [5, 5.41) is 10.5. The van der Waals surface area contributed by atoms with E-state index in [-0.39, 0.29) is 18.4 Å². The molecule has 1 aromatic heterocycles. The van der Waals surface area contributed by atoms with Crippen molar-refractivity contribution < 1.29 is 14.0 Å². The second-order valence-electron chi connectivity index (χ2n) is 5.48. The van der Waals surface area contributed by atoms with Gasteiger partial charge in [0, 0.05) is 19.2 Å². The summed E-state index contributed by atoms with van der Waals surface area (Å²) in [5.74, 6) is 1.25. The van der Waals surface area contributed by atoms with Crippen LogP contribution in [0.25, 0.3) is 0 Å². The summed E-state index contributed by atoms with van der Waals surface area (Å²) < 4.78 is 4.90. The molecule has 0 saturated carbocycles. The van der Waals surface area contributed by atoms with Gasteiger partial charge in [-0.25, -0.2) is 0 Å². The molecule has 1 aliphatic heterocycles. The van der Waals surface area contributed by atoms with Gasteiger partial charge in [-0.05, 0) is 13.8 Å². The largest absolute Gasteiger partial charge is 0.423 e. The van der Waals surface area contributed by atoms with Gasteiger partial charge in [-0.3, -0.25) is 9.59 Å². The standard InChI is InChI=1S/C13H20N4O3S/c1-5-9-15-16-10(20-9)6-17(4)11(18)8-7-21-13(2,3)12(19)14-8/h8H,5-7H2,1-4H3,(H,14,19). The Hall–Kier alpha value is -1.57. The molecule has 21 heavy (non-hydrogen) atoms. The highest BCUT2D eigenvalue weighted by atomic mass is 32.2. The van der Waals surface area contributed by atoms with E-state index in [1.54, 1.807) is 7.05 Å². The minimum Gasteiger partial charge on any atom is -0.423 e. The van der Waals surface area contributed by atoms with E-state index in [0.717, 1.165) is 0 Å². The number of rotatable bonds is 4. The Balaban J connectivity index is 1.95. The third-order valence-corrected chi connectivity index (χ3v) is 4.73. The number of amides is 2. The van der Waals surface area contributed by atoms with Crippen molar-refractivity contribution >= 4 is 23.6 Å². The molecule has 0 radical (unpaired) electrons. The number of aryl methyl sites for hydroxylation is 1. The highest BCUT2D eigenvalue weighted by Gasteiger charge is 2.38. The van der Waals surface area contributed by atoms with E-state index < -0.39 is 10.8 Å². The van der Waals surface area contributed by atoms with Crippen LogP contribution in [0, 0.1) is 0 Å². The summed E-state index contributed by atoms with van der Waals surface area (Å²) in [7, 11) is 1.66. The lowest BCUT2D eigenvalue weighted by atomic mass is 10.1. The van der Waals surface area contributed by atoms with Gasteiger partial charge in [0.1, 0.15) is 6.04 Å². The Kier molecular flexibility index (Phi) is 4.55. The molecule has 2 rings (SSSR count). The van der Waals surface area contributed by atoms with Crippen LogP contribution in [0.3, 0.4) is 0 Å². The van der Waals surface area contributed by atoms with E-state index in [1.807, 2.05) is 20.8 Å². The third-order valence-electron chi connectivity index (χ3n) is 3.32. The Morgan fingerprint density at radius 3 is 2.71 bits per heavy atom.